The van der Waals surface area contributed by atoms with E-state index in [-0.39, 0.29) is 24.0 Å². The summed E-state index contributed by atoms with van der Waals surface area (Å²) in [5.74, 6) is 3.96. The van der Waals surface area contributed by atoms with E-state index in [1.807, 2.05) is 7.05 Å². The number of aliphatic imine (C=N–C) groups is 1. The molecule has 9 nitrogen and oxygen atoms in total. The van der Waals surface area contributed by atoms with Crippen molar-refractivity contribution < 1.29 is 0 Å². The quantitative estimate of drug-likeness (QED) is 0.381. The Morgan fingerprint density at radius 1 is 1.19 bits per heavy atom. The Bertz CT molecular complexity index is 779. The third-order valence-electron chi connectivity index (χ3n) is 4.93. The molecule has 0 bridgehead atoms. The zero-order chi connectivity index (χ0) is 17.9. The summed E-state index contributed by atoms with van der Waals surface area (Å²) in [6.07, 6.45) is 3.09. The standard InChI is InChI=1S/C16H25N9S.HI/c1-3-12-19-16(26-22-12)24-9-7-23(8-10-24)15(17-2)18-11-14-21-20-13-5-4-6-25(13)14;/h3-11H2,1-2H3,(H,17,18);1H. The summed E-state index contributed by atoms with van der Waals surface area (Å²) in [5.41, 5.74) is 0. The molecule has 2 aliphatic heterocycles. The first-order valence-corrected chi connectivity index (χ1v) is 10.00. The molecule has 27 heavy (non-hydrogen) atoms. The minimum absolute atomic E-state index is 0. The van der Waals surface area contributed by atoms with E-state index in [0.29, 0.717) is 6.54 Å². The van der Waals surface area contributed by atoms with Gasteiger partial charge in [0.1, 0.15) is 11.6 Å². The lowest BCUT2D eigenvalue weighted by atomic mass is 10.3. The fourth-order valence-electron chi connectivity index (χ4n) is 3.46. The molecule has 11 heteroatoms. The number of rotatable bonds is 4. The minimum Gasteiger partial charge on any atom is -0.349 e. The van der Waals surface area contributed by atoms with Crippen LogP contribution in [-0.2, 0) is 25.9 Å². The van der Waals surface area contributed by atoms with Gasteiger partial charge in [0, 0.05) is 64.1 Å². The zero-order valence-corrected chi connectivity index (χ0v) is 18.9. The molecule has 0 amide bonds. The van der Waals surface area contributed by atoms with Gasteiger partial charge in [0.25, 0.3) is 0 Å². The van der Waals surface area contributed by atoms with Crippen LogP contribution >= 0.6 is 35.5 Å². The van der Waals surface area contributed by atoms with Gasteiger partial charge in [0.05, 0.1) is 6.54 Å². The Morgan fingerprint density at radius 2 is 2.00 bits per heavy atom. The molecular weight excluding hydrogens is 477 g/mol. The van der Waals surface area contributed by atoms with Gasteiger partial charge in [-0.05, 0) is 6.42 Å². The fourth-order valence-corrected chi connectivity index (χ4v) is 4.26. The number of piperazine rings is 1. The number of aryl methyl sites for hydroxylation is 2. The molecule has 2 aromatic rings. The molecule has 0 aromatic carbocycles. The largest absolute Gasteiger partial charge is 0.349 e. The van der Waals surface area contributed by atoms with Crippen LogP contribution in [0.2, 0.25) is 0 Å². The highest BCUT2D eigenvalue weighted by Crippen LogP contribution is 2.19. The Labute approximate surface area is 180 Å². The summed E-state index contributed by atoms with van der Waals surface area (Å²) in [6.45, 7) is 7.47. The number of halogens is 1. The average molecular weight is 503 g/mol. The fraction of sp³-hybridized carbons (Fsp3) is 0.688. The number of anilines is 1. The molecule has 0 radical (unpaired) electrons. The molecule has 1 saturated heterocycles. The van der Waals surface area contributed by atoms with Crippen molar-refractivity contribution in [2.75, 3.05) is 38.1 Å². The lowest BCUT2D eigenvalue weighted by Gasteiger charge is -2.36. The number of fused-ring (bicyclic) bond motifs is 1. The van der Waals surface area contributed by atoms with Gasteiger partial charge in [0.15, 0.2) is 11.8 Å². The van der Waals surface area contributed by atoms with Crippen LogP contribution in [-0.4, -0.2) is 68.2 Å². The van der Waals surface area contributed by atoms with E-state index in [2.05, 4.69) is 51.2 Å². The predicted octanol–water partition coefficient (Wildman–Crippen LogP) is 1.15. The van der Waals surface area contributed by atoms with Gasteiger partial charge in [-0.2, -0.15) is 4.37 Å². The number of guanidine groups is 1. The summed E-state index contributed by atoms with van der Waals surface area (Å²) in [5, 5.41) is 13.1. The van der Waals surface area contributed by atoms with E-state index in [4.69, 9.17) is 0 Å². The van der Waals surface area contributed by atoms with Crippen molar-refractivity contribution >= 4 is 46.6 Å². The van der Waals surface area contributed by atoms with Crippen molar-refractivity contribution in [3.8, 4) is 0 Å². The van der Waals surface area contributed by atoms with Gasteiger partial charge < -0.3 is 19.7 Å². The van der Waals surface area contributed by atoms with E-state index >= 15 is 0 Å². The predicted molar refractivity (Wildman–Crippen MR) is 117 cm³/mol. The zero-order valence-electron chi connectivity index (χ0n) is 15.8. The van der Waals surface area contributed by atoms with Gasteiger partial charge in [-0.3, -0.25) is 4.99 Å². The summed E-state index contributed by atoms with van der Waals surface area (Å²) < 4.78 is 6.61. The van der Waals surface area contributed by atoms with Crippen molar-refractivity contribution in [3.63, 3.8) is 0 Å². The molecule has 0 unspecified atom stereocenters. The van der Waals surface area contributed by atoms with Gasteiger partial charge >= 0.3 is 0 Å². The smallest absolute Gasteiger partial charge is 0.205 e. The number of nitrogens with zero attached hydrogens (tertiary/aromatic N) is 8. The minimum atomic E-state index is 0. The lowest BCUT2D eigenvalue weighted by molar-refractivity contribution is 0.371. The number of nitrogens with one attached hydrogen (secondary N) is 1. The SMILES string of the molecule is CCc1nsc(N2CCN(C(=NC)NCc3nnc4n3CCC4)CC2)n1.I. The third kappa shape index (κ3) is 4.33. The second-order valence-corrected chi connectivity index (χ2v) is 7.24. The van der Waals surface area contributed by atoms with Crippen molar-refractivity contribution in [1.29, 1.82) is 0 Å². The molecule has 1 fully saturated rings. The molecule has 0 spiro atoms. The van der Waals surface area contributed by atoms with Gasteiger partial charge in [-0.15, -0.1) is 34.2 Å². The van der Waals surface area contributed by atoms with E-state index in [1.54, 1.807) is 0 Å². The number of hydrogen-bond acceptors (Lipinski definition) is 7. The Morgan fingerprint density at radius 3 is 2.70 bits per heavy atom. The van der Waals surface area contributed by atoms with Crippen LogP contribution in [0.1, 0.15) is 30.8 Å². The van der Waals surface area contributed by atoms with Crippen LogP contribution in [0.5, 0.6) is 0 Å². The molecule has 1 N–H and O–H groups in total. The van der Waals surface area contributed by atoms with Crippen molar-refractivity contribution in [3.05, 3.63) is 17.5 Å². The van der Waals surface area contributed by atoms with Crippen molar-refractivity contribution in [1.82, 2.24) is 34.3 Å². The topological polar surface area (TPSA) is 87.4 Å². The molecule has 4 heterocycles. The van der Waals surface area contributed by atoms with Crippen LogP contribution in [0.4, 0.5) is 5.13 Å². The second-order valence-electron chi connectivity index (χ2n) is 6.51. The van der Waals surface area contributed by atoms with Crippen LogP contribution in [0.15, 0.2) is 4.99 Å². The van der Waals surface area contributed by atoms with Crippen LogP contribution in [0.25, 0.3) is 0 Å². The van der Waals surface area contributed by atoms with Gasteiger partial charge in [0.2, 0.25) is 5.13 Å². The van der Waals surface area contributed by atoms with Crippen LogP contribution in [0, 0.1) is 0 Å². The molecule has 0 atom stereocenters. The maximum absolute atomic E-state index is 4.60. The summed E-state index contributed by atoms with van der Waals surface area (Å²) in [6, 6.07) is 0. The van der Waals surface area contributed by atoms with E-state index < -0.39 is 0 Å². The molecular formula is C16H26IN9S. The van der Waals surface area contributed by atoms with Crippen LogP contribution in [0.3, 0.4) is 0 Å². The first-order chi connectivity index (χ1) is 12.8. The molecule has 2 aromatic heterocycles. The highest BCUT2D eigenvalue weighted by atomic mass is 127. The molecule has 4 rings (SSSR count). The molecule has 0 saturated carbocycles. The van der Waals surface area contributed by atoms with E-state index in [1.165, 1.54) is 18.0 Å². The first kappa shape index (κ1) is 20.2. The van der Waals surface area contributed by atoms with Crippen molar-refractivity contribution in [2.45, 2.75) is 39.3 Å². The average Bonchev–Trinajstić information content (AvgIpc) is 3.40. The Balaban J connectivity index is 0.00000210. The highest BCUT2D eigenvalue weighted by Gasteiger charge is 2.23. The highest BCUT2D eigenvalue weighted by molar-refractivity contribution is 14.0. The summed E-state index contributed by atoms with van der Waals surface area (Å²) in [4.78, 5) is 13.6. The Hall–Kier alpha value is -1.50. The molecule has 2 aliphatic rings. The van der Waals surface area contributed by atoms with Gasteiger partial charge in [-0.25, -0.2) is 4.98 Å². The maximum Gasteiger partial charge on any atom is 0.205 e. The van der Waals surface area contributed by atoms with E-state index in [9.17, 15) is 0 Å². The molecule has 0 aliphatic carbocycles. The van der Waals surface area contributed by atoms with E-state index in [0.717, 1.165) is 74.1 Å². The number of hydrogen-bond donors (Lipinski definition) is 1. The first-order valence-electron chi connectivity index (χ1n) is 9.22. The second kappa shape index (κ2) is 9.13. The summed E-state index contributed by atoms with van der Waals surface area (Å²) in [7, 11) is 1.83. The van der Waals surface area contributed by atoms with Gasteiger partial charge in [-0.1, -0.05) is 6.92 Å². The third-order valence-corrected chi connectivity index (χ3v) is 5.74. The number of aromatic nitrogens is 5. The molecule has 148 valence electrons. The normalized spacial score (nSPS) is 17.0. The lowest BCUT2D eigenvalue weighted by Crippen LogP contribution is -2.52. The maximum atomic E-state index is 4.60. The van der Waals surface area contributed by atoms with Crippen LogP contribution < -0.4 is 10.2 Å². The summed E-state index contributed by atoms with van der Waals surface area (Å²) >= 11 is 1.50. The Kier molecular flexibility index (Phi) is 6.84. The van der Waals surface area contributed by atoms with Crippen molar-refractivity contribution in [2.24, 2.45) is 4.99 Å². The monoisotopic (exact) mass is 503 g/mol.